The number of likely N-dealkylation sites (N-methyl/N-ethyl adjacent to an activating group) is 1. The lowest BCUT2D eigenvalue weighted by atomic mass is 10.2. The molecule has 11 heteroatoms. The third kappa shape index (κ3) is 4.50. The zero-order chi connectivity index (χ0) is 19.6. The summed E-state index contributed by atoms with van der Waals surface area (Å²) >= 11 is 5.69. The molecule has 142 valence electrons. The second-order valence-electron chi connectivity index (χ2n) is 5.97. The Hall–Kier alpha value is -2.20. The van der Waals surface area contributed by atoms with Gasteiger partial charge in [-0.15, -0.1) is 0 Å². The van der Waals surface area contributed by atoms with E-state index in [0.29, 0.717) is 6.42 Å². The monoisotopic (exact) mass is 404 g/mol. The number of rotatable bonds is 5. The molecular formula is C15H17ClN2O7S. The first-order chi connectivity index (χ1) is 12.0. The number of benzene rings is 1. The minimum absolute atomic E-state index is 0.000421. The fourth-order valence-electron chi connectivity index (χ4n) is 2.65. The van der Waals surface area contributed by atoms with Crippen molar-refractivity contribution in [1.82, 2.24) is 4.90 Å². The smallest absolute Gasteiger partial charge is 0.345 e. The lowest BCUT2D eigenvalue weighted by Crippen LogP contribution is -2.44. The molecule has 0 radical (unpaired) electrons. The van der Waals surface area contributed by atoms with Gasteiger partial charge < -0.3 is 9.64 Å². The van der Waals surface area contributed by atoms with Crippen molar-refractivity contribution < 1.29 is 27.7 Å². The van der Waals surface area contributed by atoms with Gasteiger partial charge in [0.05, 0.1) is 16.4 Å². The molecule has 1 aliphatic rings. The maximum atomic E-state index is 12.4. The molecule has 1 aromatic rings. The maximum absolute atomic E-state index is 12.4. The summed E-state index contributed by atoms with van der Waals surface area (Å²) in [6, 6.07) is 2.97. The first-order valence-corrected chi connectivity index (χ1v) is 9.84. The zero-order valence-electron chi connectivity index (χ0n) is 14.0. The van der Waals surface area contributed by atoms with Gasteiger partial charge in [-0.05, 0) is 25.5 Å². The summed E-state index contributed by atoms with van der Waals surface area (Å²) in [5, 5.41) is 11.1. The van der Waals surface area contributed by atoms with Crippen molar-refractivity contribution in [3.63, 3.8) is 0 Å². The molecule has 0 N–H and O–H groups in total. The molecule has 1 aromatic carbocycles. The number of hydrogen-bond acceptors (Lipinski definition) is 7. The molecule has 1 heterocycles. The summed E-state index contributed by atoms with van der Waals surface area (Å²) in [4.78, 5) is 36.1. The number of nitro benzene ring substituents is 1. The molecule has 1 amide bonds. The molecule has 0 spiro atoms. The number of amides is 1. The quantitative estimate of drug-likeness (QED) is 0.413. The van der Waals surface area contributed by atoms with Gasteiger partial charge in [-0.25, -0.2) is 13.2 Å². The van der Waals surface area contributed by atoms with Crippen LogP contribution in [0.5, 0.6) is 0 Å². The van der Waals surface area contributed by atoms with E-state index in [1.165, 1.54) is 24.9 Å². The fraction of sp³-hybridized carbons (Fsp3) is 0.467. The van der Waals surface area contributed by atoms with Gasteiger partial charge in [-0.2, -0.15) is 0 Å². The predicted octanol–water partition coefficient (Wildman–Crippen LogP) is 1.44. The molecule has 0 bridgehead atoms. The minimum atomic E-state index is -3.17. The number of hydrogen-bond donors (Lipinski definition) is 0. The maximum Gasteiger partial charge on any atom is 0.345 e. The highest BCUT2D eigenvalue weighted by Crippen LogP contribution is 2.24. The van der Waals surface area contributed by atoms with Crippen molar-refractivity contribution in [3.8, 4) is 0 Å². The van der Waals surface area contributed by atoms with Gasteiger partial charge in [0, 0.05) is 24.2 Å². The molecule has 2 rings (SSSR count). The van der Waals surface area contributed by atoms with Gasteiger partial charge in [0.25, 0.3) is 11.6 Å². The number of halogens is 1. The summed E-state index contributed by atoms with van der Waals surface area (Å²) in [6.07, 6.45) is -0.917. The predicted molar refractivity (Wildman–Crippen MR) is 92.8 cm³/mol. The molecule has 0 saturated carbocycles. The van der Waals surface area contributed by atoms with Crippen LogP contribution >= 0.6 is 11.6 Å². The van der Waals surface area contributed by atoms with Crippen molar-refractivity contribution in [2.24, 2.45) is 0 Å². The van der Waals surface area contributed by atoms with Crippen LogP contribution in [0.1, 0.15) is 23.7 Å². The molecule has 2 atom stereocenters. The van der Waals surface area contributed by atoms with Crippen molar-refractivity contribution >= 4 is 39.0 Å². The van der Waals surface area contributed by atoms with E-state index in [1.807, 2.05) is 0 Å². The second-order valence-corrected chi connectivity index (χ2v) is 8.64. The Kier molecular flexibility index (Phi) is 5.87. The van der Waals surface area contributed by atoms with Gasteiger partial charge in [0.15, 0.2) is 15.9 Å². The average molecular weight is 405 g/mol. The van der Waals surface area contributed by atoms with Crippen LogP contribution in [0.3, 0.4) is 0 Å². The first-order valence-electron chi connectivity index (χ1n) is 7.64. The zero-order valence-corrected chi connectivity index (χ0v) is 15.6. The highest BCUT2D eigenvalue weighted by Gasteiger charge is 2.35. The van der Waals surface area contributed by atoms with Crippen molar-refractivity contribution in [2.45, 2.75) is 25.5 Å². The molecule has 1 fully saturated rings. The number of carbonyl (C=O) groups is 2. The lowest BCUT2D eigenvalue weighted by molar-refractivity contribution is -0.385. The number of esters is 1. The highest BCUT2D eigenvalue weighted by molar-refractivity contribution is 7.91. The number of nitrogens with zero attached hydrogens (tertiary/aromatic N) is 2. The summed E-state index contributed by atoms with van der Waals surface area (Å²) in [5.74, 6) is -1.77. The number of ether oxygens (including phenoxy) is 1. The van der Waals surface area contributed by atoms with Crippen LogP contribution < -0.4 is 0 Å². The van der Waals surface area contributed by atoms with Crippen molar-refractivity contribution in [1.29, 1.82) is 0 Å². The molecule has 1 saturated heterocycles. The first kappa shape index (κ1) is 20.1. The van der Waals surface area contributed by atoms with E-state index in [1.54, 1.807) is 0 Å². The average Bonchev–Trinajstić information content (AvgIpc) is 2.93. The van der Waals surface area contributed by atoms with Crippen LogP contribution in [0.2, 0.25) is 5.02 Å². The summed E-state index contributed by atoms with van der Waals surface area (Å²) < 4.78 is 28.1. The van der Waals surface area contributed by atoms with Gasteiger partial charge in [-0.1, -0.05) is 11.6 Å². The van der Waals surface area contributed by atoms with Crippen LogP contribution in [0, 0.1) is 10.1 Å². The number of nitro groups is 1. The molecule has 26 heavy (non-hydrogen) atoms. The second kappa shape index (κ2) is 7.58. The number of sulfone groups is 1. The summed E-state index contributed by atoms with van der Waals surface area (Å²) in [5.41, 5.74) is -0.859. The van der Waals surface area contributed by atoms with Crippen LogP contribution in [-0.4, -0.2) is 60.8 Å². The van der Waals surface area contributed by atoms with Gasteiger partial charge in [0.2, 0.25) is 0 Å². The molecule has 0 aliphatic carbocycles. The van der Waals surface area contributed by atoms with E-state index < -0.39 is 44.5 Å². The van der Waals surface area contributed by atoms with Crippen LogP contribution in [0.4, 0.5) is 5.69 Å². The Balaban J connectivity index is 2.09. The Morgan fingerprint density at radius 1 is 1.42 bits per heavy atom. The molecule has 2 unspecified atom stereocenters. The van der Waals surface area contributed by atoms with Crippen LogP contribution in [-0.2, 0) is 19.4 Å². The SMILES string of the molecule is CC(OC(=O)c1ccc(Cl)cc1[N+](=O)[O-])C(=O)N(C)C1CCS(=O)(=O)C1. The van der Waals surface area contributed by atoms with E-state index in [9.17, 15) is 28.1 Å². The minimum Gasteiger partial charge on any atom is -0.449 e. The standard InChI is InChI=1S/C15H17ClN2O7S/c1-9(14(19)17(2)11-5-6-26(23,24)8-11)25-15(20)12-4-3-10(16)7-13(12)18(21)22/h3-4,7,9,11H,5-6,8H2,1-2H3. The van der Waals surface area contributed by atoms with Crippen molar-refractivity contribution in [2.75, 3.05) is 18.6 Å². The van der Waals surface area contributed by atoms with Crippen molar-refractivity contribution in [3.05, 3.63) is 38.9 Å². The summed E-state index contributed by atoms with van der Waals surface area (Å²) in [6.45, 7) is 1.32. The molecule has 1 aliphatic heterocycles. The molecule has 9 nitrogen and oxygen atoms in total. The Labute approximate surface area is 154 Å². The van der Waals surface area contributed by atoms with E-state index in [2.05, 4.69) is 0 Å². The van der Waals surface area contributed by atoms with E-state index in [0.717, 1.165) is 12.1 Å². The normalized spacial score (nSPS) is 19.6. The fourth-order valence-corrected chi connectivity index (χ4v) is 4.59. The van der Waals surface area contributed by atoms with E-state index in [-0.39, 0.29) is 22.1 Å². The third-order valence-electron chi connectivity index (χ3n) is 4.11. The Morgan fingerprint density at radius 2 is 2.08 bits per heavy atom. The summed E-state index contributed by atoms with van der Waals surface area (Å²) in [7, 11) is -1.74. The van der Waals surface area contributed by atoms with E-state index in [4.69, 9.17) is 16.3 Å². The third-order valence-corrected chi connectivity index (χ3v) is 6.10. The number of carbonyl (C=O) groups excluding carboxylic acids is 2. The van der Waals surface area contributed by atoms with E-state index >= 15 is 0 Å². The van der Waals surface area contributed by atoms with Gasteiger partial charge in [-0.3, -0.25) is 14.9 Å². The Morgan fingerprint density at radius 3 is 2.62 bits per heavy atom. The van der Waals surface area contributed by atoms with Gasteiger partial charge in [0.1, 0.15) is 5.56 Å². The lowest BCUT2D eigenvalue weighted by Gasteiger charge is -2.26. The van der Waals surface area contributed by atoms with Crippen LogP contribution in [0.15, 0.2) is 18.2 Å². The van der Waals surface area contributed by atoms with Crippen LogP contribution in [0.25, 0.3) is 0 Å². The largest absolute Gasteiger partial charge is 0.449 e. The topological polar surface area (TPSA) is 124 Å². The molecule has 0 aromatic heterocycles. The Bertz CT molecular complexity index is 856. The van der Waals surface area contributed by atoms with Gasteiger partial charge >= 0.3 is 5.97 Å². The highest BCUT2D eigenvalue weighted by atomic mass is 35.5. The molecular weight excluding hydrogens is 388 g/mol.